The highest BCUT2D eigenvalue weighted by molar-refractivity contribution is 5.89. The minimum Gasteiger partial charge on any atom is -0.497 e. The Morgan fingerprint density at radius 2 is 2.09 bits per heavy atom. The second-order valence-electron chi connectivity index (χ2n) is 7.47. The first kappa shape index (κ1) is 22.5. The number of esters is 1. The first-order chi connectivity index (χ1) is 16.0. The average molecular weight is 447 g/mol. The Balaban J connectivity index is 0.00000126. The van der Waals surface area contributed by atoms with E-state index in [4.69, 9.17) is 20.9 Å². The number of cyclic esters (lactones) is 1. The molecule has 0 radical (unpaired) electrons. The van der Waals surface area contributed by atoms with E-state index in [1.54, 1.807) is 17.7 Å². The number of aliphatic hydroxyl groups is 1. The van der Waals surface area contributed by atoms with Crippen molar-refractivity contribution in [2.24, 2.45) is 0 Å². The van der Waals surface area contributed by atoms with Crippen molar-refractivity contribution in [3.05, 3.63) is 56.9 Å². The normalized spacial score (nSPS) is 15.5. The first-order valence-corrected chi connectivity index (χ1v) is 10.8. The number of fused-ring (bicyclic) bond motifs is 5. The lowest BCUT2D eigenvalue weighted by molar-refractivity contribution is -0.157. The fourth-order valence-electron chi connectivity index (χ4n) is 4.28. The van der Waals surface area contributed by atoms with Crippen molar-refractivity contribution >= 4 is 16.9 Å². The summed E-state index contributed by atoms with van der Waals surface area (Å²) in [4.78, 5) is 29.8. The quantitative estimate of drug-likeness (QED) is 0.281. The smallest absolute Gasteiger partial charge is 0.340 e. The Hall–Kier alpha value is -3.67. The van der Waals surface area contributed by atoms with Crippen LogP contribution in [0.5, 0.6) is 5.75 Å². The molecule has 0 saturated heterocycles. The number of terminal acetylenes is 1. The van der Waals surface area contributed by atoms with Crippen LogP contribution in [-0.4, -0.2) is 34.3 Å². The lowest BCUT2D eigenvalue weighted by atomic mass is 9.98. The maximum absolute atomic E-state index is 13.2. The zero-order valence-electron chi connectivity index (χ0n) is 18.8. The molecular weight excluding hydrogens is 422 g/mol. The van der Waals surface area contributed by atoms with Crippen LogP contribution in [-0.2, 0) is 29.2 Å². The van der Waals surface area contributed by atoms with Gasteiger partial charge in [0.25, 0.3) is 5.56 Å². The Bertz CT molecular complexity index is 1350. The van der Waals surface area contributed by atoms with Crippen LogP contribution in [0.2, 0.25) is 0 Å². The topological polar surface area (TPSA) is 103 Å². The minimum atomic E-state index is -1.48. The van der Waals surface area contributed by atoms with Crippen LogP contribution in [0.15, 0.2) is 29.1 Å². The van der Waals surface area contributed by atoms with Gasteiger partial charge in [-0.3, -0.25) is 4.79 Å². The molecule has 1 aromatic carbocycles. The molecule has 2 aromatic heterocycles. The summed E-state index contributed by atoms with van der Waals surface area (Å²) in [5, 5.41) is 14.4. The summed E-state index contributed by atoms with van der Waals surface area (Å²) < 4.78 is 11.9. The van der Waals surface area contributed by atoms with Crippen molar-refractivity contribution in [2.75, 3.05) is 13.7 Å². The molecule has 2 N–H and O–H groups in total. The van der Waals surface area contributed by atoms with Crippen LogP contribution in [0.25, 0.3) is 22.3 Å². The molecule has 1 unspecified atom stereocenters. The summed E-state index contributed by atoms with van der Waals surface area (Å²) in [5.74, 6) is 2.51. The third-order valence-corrected chi connectivity index (χ3v) is 5.81. The van der Waals surface area contributed by atoms with E-state index in [-0.39, 0.29) is 17.7 Å². The molecule has 170 valence electrons. The van der Waals surface area contributed by atoms with E-state index in [0.717, 1.165) is 22.0 Å². The molecule has 2 aliphatic rings. The largest absolute Gasteiger partial charge is 0.497 e. The predicted octanol–water partition coefficient (Wildman–Crippen LogP) is 2.27. The number of rotatable bonds is 4. The second kappa shape index (κ2) is 9.06. The fraction of sp³-hybridized carbons (Fsp3) is 0.320. The van der Waals surface area contributed by atoms with Gasteiger partial charge >= 0.3 is 5.97 Å². The molecule has 8 heteroatoms. The molecule has 2 aliphatic heterocycles. The number of hydrogen-bond donors (Lipinski definition) is 2. The van der Waals surface area contributed by atoms with Gasteiger partial charge in [-0.15, -0.1) is 6.42 Å². The van der Waals surface area contributed by atoms with Crippen molar-refractivity contribution in [1.29, 1.82) is 0 Å². The highest BCUT2D eigenvalue weighted by Gasteiger charge is 2.34. The van der Waals surface area contributed by atoms with Crippen molar-refractivity contribution < 1.29 is 19.4 Å². The second-order valence-corrected chi connectivity index (χ2v) is 7.47. The summed E-state index contributed by atoms with van der Waals surface area (Å²) in [5.41, 5.74) is 4.13. The number of hydrogen-bond acceptors (Lipinski definition) is 7. The predicted molar refractivity (Wildman–Crippen MR) is 124 cm³/mol. The number of aliphatic hydroxyl groups excluding tert-OH is 1. The van der Waals surface area contributed by atoms with Crippen molar-refractivity contribution in [2.45, 2.75) is 39.6 Å². The van der Waals surface area contributed by atoms with E-state index in [0.29, 0.717) is 42.3 Å². The summed E-state index contributed by atoms with van der Waals surface area (Å²) in [6, 6.07) is 7.29. The number of ether oxygens (including phenoxy) is 2. The number of carbonyl (C=O) groups excluding carboxylic acids is 1. The standard InChI is InChI=1S/C23H19N3O5.C2H6/c1-3-6-24-9-15-13-7-12(30-2)4-5-18(13)25-20-16(15)10-26-19(20)8-14-17(22(26)28)11-31-23(29)21(14)27;1-2/h1,4-5,7-8,21,24,27H,6,9-11H2,2H3;1-2H3. The Morgan fingerprint density at radius 1 is 1.30 bits per heavy atom. The molecule has 33 heavy (non-hydrogen) atoms. The highest BCUT2D eigenvalue weighted by atomic mass is 16.5. The minimum absolute atomic E-state index is 0.149. The van der Waals surface area contributed by atoms with Gasteiger partial charge in [0, 0.05) is 23.1 Å². The van der Waals surface area contributed by atoms with E-state index in [1.807, 2.05) is 32.0 Å². The number of nitrogens with zero attached hydrogens (tertiary/aromatic N) is 2. The Labute approximate surface area is 191 Å². The fourth-order valence-corrected chi connectivity index (χ4v) is 4.28. The number of benzene rings is 1. The average Bonchev–Trinajstić information content (AvgIpc) is 3.21. The molecule has 0 bridgehead atoms. The maximum Gasteiger partial charge on any atom is 0.340 e. The lowest BCUT2D eigenvalue weighted by Gasteiger charge is -2.21. The van der Waals surface area contributed by atoms with E-state index in [2.05, 4.69) is 11.2 Å². The Morgan fingerprint density at radius 3 is 2.82 bits per heavy atom. The maximum atomic E-state index is 13.2. The summed E-state index contributed by atoms with van der Waals surface area (Å²) >= 11 is 0. The van der Waals surface area contributed by atoms with E-state index in [1.165, 1.54) is 0 Å². The van der Waals surface area contributed by atoms with Gasteiger partial charge in [0.1, 0.15) is 12.4 Å². The zero-order chi connectivity index (χ0) is 23.7. The van der Waals surface area contributed by atoms with Crippen molar-refractivity contribution in [3.63, 3.8) is 0 Å². The molecule has 0 saturated carbocycles. The number of pyridine rings is 2. The summed E-state index contributed by atoms with van der Waals surface area (Å²) in [7, 11) is 1.60. The number of carbonyl (C=O) groups is 1. The highest BCUT2D eigenvalue weighted by Crippen LogP contribution is 2.38. The van der Waals surface area contributed by atoms with Crippen LogP contribution < -0.4 is 15.6 Å². The van der Waals surface area contributed by atoms with Crippen LogP contribution in [0.1, 0.15) is 42.2 Å². The van der Waals surface area contributed by atoms with Gasteiger partial charge in [-0.2, -0.15) is 0 Å². The van der Waals surface area contributed by atoms with Gasteiger partial charge in [-0.05, 0) is 29.8 Å². The molecule has 0 amide bonds. The van der Waals surface area contributed by atoms with Gasteiger partial charge in [0.2, 0.25) is 0 Å². The van der Waals surface area contributed by atoms with E-state index in [9.17, 15) is 14.7 Å². The molecule has 0 aliphatic carbocycles. The zero-order valence-corrected chi connectivity index (χ0v) is 18.8. The summed E-state index contributed by atoms with van der Waals surface area (Å²) in [6.45, 7) is 5.07. The monoisotopic (exact) mass is 447 g/mol. The van der Waals surface area contributed by atoms with Crippen molar-refractivity contribution in [3.8, 4) is 29.5 Å². The third-order valence-electron chi connectivity index (χ3n) is 5.81. The summed E-state index contributed by atoms with van der Waals surface area (Å²) in [6.07, 6.45) is 3.91. The third kappa shape index (κ3) is 3.65. The Kier molecular flexibility index (Phi) is 6.18. The molecule has 1 atom stereocenters. The van der Waals surface area contributed by atoms with Crippen LogP contribution in [0.4, 0.5) is 0 Å². The van der Waals surface area contributed by atoms with E-state index < -0.39 is 12.1 Å². The number of aromatic nitrogens is 2. The molecule has 8 nitrogen and oxygen atoms in total. The molecule has 4 heterocycles. The van der Waals surface area contributed by atoms with Crippen molar-refractivity contribution in [1.82, 2.24) is 14.9 Å². The molecule has 3 aromatic rings. The van der Waals surface area contributed by atoms with Crippen LogP contribution in [0, 0.1) is 12.3 Å². The van der Waals surface area contributed by atoms with Gasteiger partial charge in [-0.1, -0.05) is 19.8 Å². The molecule has 0 fully saturated rings. The van der Waals surface area contributed by atoms with Gasteiger partial charge in [-0.25, -0.2) is 9.78 Å². The molecule has 0 spiro atoms. The van der Waals surface area contributed by atoms with Crippen LogP contribution in [0.3, 0.4) is 0 Å². The SMILES string of the molecule is C#CCNCc1c2c(nc3ccc(OC)cc13)-c1cc3c(c(=O)n1C2)COC(=O)C3O.CC. The van der Waals surface area contributed by atoms with Gasteiger partial charge in [0.05, 0.1) is 42.7 Å². The van der Waals surface area contributed by atoms with Gasteiger partial charge in [0.15, 0.2) is 6.10 Å². The molecule has 5 rings (SSSR count). The van der Waals surface area contributed by atoms with Crippen LogP contribution >= 0.6 is 0 Å². The number of methoxy groups -OCH3 is 1. The molecular formula is C25H25N3O5. The number of nitrogens with one attached hydrogen (secondary N) is 1. The lowest BCUT2D eigenvalue weighted by Crippen LogP contribution is -2.32. The van der Waals surface area contributed by atoms with E-state index >= 15 is 0 Å². The first-order valence-electron chi connectivity index (χ1n) is 10.8. The van der Waals surface area contributed by atoms with Gasteiger partial charge < -0.3 is 24.5 Å².